The second-order valence-electron chi connectivity index (χ2n) is 5.16. The van der Waals surface area contributed by atoms with E-state index in [-0.39, 0.29) is 0 Å². The van der Waals surface area contributed by atoms with E-state index in [2.05, 4.69) is 18.7 Å². The second kappa shape index (κ2) is 4.52. The molecular formula is C12H23N3. The molecular weight excluding hydrogens is 186 g/mol. The third kappa shape index (κ3) is 2.33. The van der Waals surface area contributed by atoms with Crippen LogP contribution in [0, 0.1) is 5.92 Å². The number of nitrogens with two attached hydrogens (primary N) is 1. The van der Waals surface area contributed by atoms with Gasteiger partial charge in [0.15, 0.2) is 0 Å². The van der Waals surface area contributed by atoms with Gasteiger partial charge in [0.1, 0.15) is 0 Å². The summed E-state index contributed by atoms with van der Waals surface area (Å²) in [5, 5.41) is 0. The van der Waals surface area contributed by atoms with Gasteiger partial charge < -0.3 is 5.73 Å². The maximum absolute atomic E-state index is 5.95. The quantitative estimate of drug-likeness (QED) is 0.555. The Morgan fingerprint density at radius 3 is 2.80 bits per heavy atom. The minimum Gasteiger partial charge on any atom is -0.387 e. The van der Waals surface area contributed by atoms with Crippen molar-refractivity contribution >= 4 is 5.84 Å². The van der Waals surface area contributed by atoms with Crippen LogP contribution in [-0.2, 0) is 0 Å². The molecule has 0 aromatic rings. The third-order valence-electron chi connectivity index (χ3n) is 3.73. The van der Waals surface area contributed by atoms with Gasteiger partial charge in [0.2, 0.25) is 0 Å². The van der Waals surface area contributed by atoms with Crippen molar-refractivity contribution in [1.29, 1.82) is 0 Å². The summed E-state index contributed by atoms with van der Waals surface area (Å²) >= 11 is 0. The topological polar surface area (TPSA) is 41.6 Å². The highest BCUT2D eigenvalue weighted by Crippen LogP contribution is 2.29. The Bertz CT molecular complexity index is 247. The van der Waals surface area contributed by atoms with Crippen molar-refractivity contribution in [3.63, 3.8) is 0 Å². The number of nitrogens with zero attached hydrogens (tertiary/aromatic N) is 2. The predicted molar refractivity (Wildman–Crippen MR) is 64.1 cm³/mol. The van der Waals surface area contributed by atoms with Gasteiger partial charge in [0.25, 0.3) is 0 Å². The van der Waals surface area contributed by atoms with Crippen LogP contribution in [-0.4, -0.2) is 35.9 Å². The van der Waals surface area contributed by atoms with Crippen molar-refractivity contribution in [3.8, 4) is 0 Å². The maximum atomic E-state index is 5.95. The van der Waals surface area contributed by atoms with E-state index >= 15 is 0 Å². The van der Waals surface area contributed by atoms with Gasteiger partial charge in [-0.25, -0.2) is 0 Å². The van der Waals surface area contributed by atoms with Crippen LogP contribution in [0.25, 0.3) is 0 Å². The molecule has 2 fully saturated rings. The lowest BCUT2D eigenvalue weighted by Gasteiger charge is -2.31. The monoisotopic (exact) mass is 209 g/mol. The van der Waals surface area contributed by atoms with Gasteiger partial charge in [0.05, 0.1) is 11.9 Å². The number of piperidine rings is 1. The molecule has 0 amide bonds. The van der Waals surface area contributed by atoms with Gasteiger partial charge in [-0.05, 0) is 25.8 Å². The van der Waals surface area contributed by atoms with Crippen molar-refractivity contribution in [2.45, 2.75) is 51.6 Å². The molecule has 0 aromatic heterocycles. The van der Waals surface area contributed by atoms with Crippen LogP contribution in [0.2, 0.25) is 0 Å². The molecule has 3 heteroatoms. The first kappa shape index (κ1) is 10.9. The van der Waals surface area contributed by atoms with E-state index in [4.69, 9.17) is 10.7 Å². The number of amidine groups is 1. The highest BCUT2D eigenvalue weighted by atomic mass is 15.2. The number of aliphatic imine (C=N–C) groups is 1. The van der Waals surface area contributed by atoms with Crippen molar-refractivity contribution in [2.75, 3.05) is 13.1 Å². The second-order valence-corrected chi connectivity index (χ2v) is 5.16. The number of hydrogen-bond donors (Lipinski definition) is 1. The summed E-state index contributed by atoms with van der Waals surface area (Å²) in [6, 6.07) is 1.17. The summed E-state index contributed by atoms with van der Waals surface area (Å²) in [6.45, 7) is 6.74. The molecule has 15 heavy (non-hydrogen) atoms. The molecule has 0 saturated carbocycles. The number of hydrogen-bond acceptors (Lipinski definition) is 2. The van der Waals surface area contributed by atoms with Crippen LogP contribution in [0.4, 0.5) is 0 Å². The molecule has 2 rings (SSSR count). The van der Waals surface area contributed by atoms with E-state index in [0.29, 0.717) is 18.0 Å². The van der Waals surface area contributed by atoms with Crippen molar-refractivity contribution in [2.24, 2.45) is 16.6 Å². The zero-order valence-electron chi connectivity index (χ0n) is 9.95. The Morgan fingerprint density at radius 2 is 2.07 bits per heavy atom. The molecule has 2 aliphatic rings. The predicted octanol–water partition coefficient (Wildman–Crippen LogP) is 1.63. The smallest absolute Gasteiger partial charge is 0.0967 e. The van der Waals surface area contributed by atoms with Crippen molar-refractivity contribution in [1.82, 2.24) is 4.90 Å². The highest BCUT2D eigenvalue weighted by Gasteiger charge is 2.35. The molecule has 2 heterocycles. The molecule has 2 N–H and O–H groups in total. The van der Waals surface area contributed by atoms with Gasteiger partial charge in [0, 0.05) is 18.5 Å². The van der Waals surface area contributed by atoms with E-state index in [1.807, 2.05) is 0 Å². The Labute approximate surface area is 92.7 Å². The van der Waals surface area contributed by atoms with Gasteiger partial charge in [-0.15, -0.1) is 0 Å². The molecule has 0 spiro atoms. The van der Waals surface area contributed by atoms with Gasteiger partial charge >= 0.3 is 0 Å². The summed E-state index contributed by atoms with van der Waals surface area (Å²) in [5.74, 6) is 1.23. The fourth-order valence-electron chi connectivity index (χ4n) is 2.71. The number of fused-ring (bicyclic) bond motifs is 1. The first-order chi connectivity index (χ1) is 7.18. The third-order valence-corrected chi connectivity index (χ3v) is 3.73. The molecule has 86 valence electrons. The minimum atomic E-state index is 0.391. The van der Waals surface area contributed by atoms with E-state index < -0.39 is 0 Å². The minimum absolute atomic E-state index is 0.391. The lowest BCUT2D eigenvalue weighted by atomic mass is 9.99. The summed E-state index contributed by atoms with van der Waals surface area (Å²) in [4.78, 5) is 7.32. The van der Waals surface area contributed by atoms with E-state index in [1.165, 1.54) is 38.8 Å². The standard InChI is InChI=1S/C12H23N3/c1-9(2)12(13)14-10-6-8-15-7-4-3-5-11(10)15/h9-11H,3-8H2,1-2H3,(H2,13,14). The van der Waals surface area contributed by atoms with Crippen molar-refractivity contribution < 1.29 is 0 Å². The molecule has 0 bridgehead atoms. The first-order valence-corrected chi connectivity index (χ1v) is 6.25. The normalized spacial score (nSPS) is 33.4. The molecule has 2 saturated heterocycles. The largest absolute Gasteiger partial charge is 0.387 e. The lowest BCUT2D eigenvalue weighted by molar-refractivity contribution is 0.190. The Hall–Kier alpha value is -0.570. The van der Waals surface area contributed by atoms with Gasteiger partial charge in [-0.2, -0.15) is 0 Å². The fraction of sp³-hybridized carbons (Fsp3) is 0.917. The van der Waals surface area contributed by atoms with Gasteiger partial charge in [-0.1, -0.05) is 20.3 Å². The molecule has 0 aromatic carbocycles. The SMILES string of the molecule is CC(C)C(N)=NC1CCN2CCCCC12. The molecule has 0 radical (unpaired) electrons. The molecule has 2 aliphatic heterocycles. The lowest BCUT2D eigenvalue weighted by Crippen LogP contribution is -2.39. The van der Waals surface area contributed by atoms with Crippen LogP contribution >= 0.6 is 0 Å². The highest BCUT2D eigenvalue weighted by molar-refractivity contribution is 5.82. The zero-order chi connectivity index (χ0) is 10.8. The molecule has 0 aliphatic carbocycles. The Morgan fingerprint density at radius 1 is 1.27 bits per heavy atom. The molecule has 2 unspecified atom stereocenters. The summed E-state index contributed by atoms with van der Waals surface area (Å²) in [6.07, 6.45) is 5.26. The molecule has 2 atom stereocenters. The Balaban J connectivity index is 2.01. The van der Waals surface area contributed by atoms with E-state index in [9.17, 15) is 0 Å². The van der Waals surface area contributed by atoms with Crippen LogP contribution < -0.4 is 5.73 Å². The fourth-order valence-corrected chi connectivity index (χ4v) is 2.71. The maximum Gasteiger partial charge on any atom is 0.0967 e. The van der Waals surface area contributed by atoms with Crippen LogP contribution in [0.1, 0.15) is 39.5 Å². The van der Waals surface area contributed by atoms with Crippen molar-refractivity contribution in [3.05, 3.63) is 0 Å². The first-order valence-electron chi connectivity index (χ1n) is 6.25. The summed E-state index contributed by atoms with van der Waals surface area (Å²) in [7, 11) is 0. The summed E-state index contributed by atoms with van der Waals surface area (Å²) in [5.41, 5.74) is 5.95. The molecule has 3 nitrogen and oxygen atoms in total. The van der Waals surface area contributed by atoms with Gasteiger partial charge in [-0.3, -0.25) is 9.89 Å². The Kier molecular flexibility index (Phi) is 3.29. The van der Waals surface area contributed by atoms with Crippen LogP contribution in [0.15, 0.2) is 4.99 Å². The van der Waals surface area contributed by atoms with Crippen LogP contribution in [0.5, 0.6) is 0 Å². The van der Waals surface area contributed by atoms with E-state index in [1.54, 1.807) is 0 Å². The van der Waals surface area contributed by atoms with E-state index in [0.717, 1.165) is 5.84 Å². The number of rotatable bonds is 2. The van der Waals surface area contributed by atoms with Crippen LogP contribution in [0.3, 0.4) is 0 Å². The summed E-state index contributed by atoms with van der Waals surface area (Å²) < 4.78 is 0. The average molecular weight is 209 g/mol. The zero-order valence-corrected chi connectivity index (χ0v) is 9.95. The average Bonchev–Trinajstić information content (AvgIpc) is 2.62.